The van der Waals surface area contributed by atoms with E-state index < -0.39 is 0 Å². The van der Waals surface area contributed by atoms with Crippen LogP contribution in [-0.2, 0) is 20.8 Å². The van der Waals surface area contributed by atoms with Gasteiger partial charge in [0.05, 0.1) is 31.7 Å². The SMILES string of the molecule is C#Cc1cnc(Nc2cc(NC[C@H]3CNCCO3)c(-c3ccc(COCOC)cc3)cn2)cn1. The molecule has 1 aliphatic heterocycles. The second kappa shape index (κ2) is 12.1. The van der Waals surface area contributed by atoms with E-state index in [0.717, 1.165) is 35.5 Å². The van der Waals surface area contributed by atoms with E-state index in [-0.39, 0.29) is 12.9 Å². The standard InChI is InChI=1S/C25H28N6O3/c1-3-20-11-29-25(15-27-20)31-24-10-23(28-13-21-12-26-8-9-34-21)22(14-30-24)19-6-4-18(5-7-19)16-33-17-32-2/h1,4-7,10-11,14-15,21,26H,8-9,12-13,16-17H2,2H3,(H2,28,29,30,31)/t21-/m1/s1. The molecule has 1 aliphatic rings. The first-order chi connectivity index (χ1) is 16.7. The van der Waals surface area contributed by atoms with E-state index in [9.17, 15) is 0 Å². The van der Waals surface area contributed by atoms with Gasteiger partial charge in [-0.2, -0.15) is 0 Å². The van der Waals surface area contributed by atoms with Crippen molar-refractivity contribution in [3.8, 4) is 23.5 Å². The van der Waals surface area contributed by atoms with Crippen molar-refractivity contribution in [3.63, 3.8) is 0 Å². The molecule has 3 N–H and O–H groups in total. The monoisotopic (exact) mass is 460 g/mol. The number of hydrogen-bond donors (Lipinski definition) is 3. The molecular weight excluding hydrogens is 432 g/mol. The Morgan fingerprint density at radius 1 is 1.15 bits per heavy atom. The van der Waals surface area contributed by atoms with Gasteiger partial charge < -0.3 is 30.2 Å². The smallest absolute Gasteiger partial charge is 0.150 e. The molecule has 0 bridgehead atoms. The number of aromatic nitrogens is 3. The molecule has 2 aromatic heterocycles. The van der Waals surface area contributed by atoms with Gasteiger partial charge in [0.2, 0.25) is 0 Å². The summed E-state index contributed by atoms with van der Waals surface area (Å²) in [4.78, 5) is 13.0. The average Bonchev–Trinajstić information content (AvgIpc) is 2.89. The molecule has 0 saturated carbocycles. The maximum Gasteiger partial charge on any atom is 0.150 e. The molecule has 1 fully saturated rings. The van der Waals surface area contributed by atoms with Gasteiger partial charge in [-0.05, 0) is 17.0 Å². The van der Waals surface area contributed by atoms with Crippen LogP contribution in [-0.4, -0.2) is 61.2 Å². The number of methoxy groups -OCH3 is 1. The topological polar surface area (TPSA) is 102 Å². The Morgan fingerprint density at radius 3 is 2.71 bits per heavy atom. The van der Waals surface area contributed by atoms with E-state index >= 15 is 0 Å². The molecule has 0 amide bonds. The predicted octanol–water partition coefficient (Wildman–Crippen LogP) is 2.78. The molecule has 0 spiro atoms. The summed E-state index contributed by atoms with van der Waals surface area (Å²) in [6.07, 6.45) is 10.4. The molecule has 1 atom stereocenters. The van der Waals surface area contributed by atoms with Gasteiger partial charge >= 0.3 is 0 Å². The lowest BCUT2D eigenvalue weighted by molar-refractivity contribution is -0.0390. The fraction of sp³-hybridized carbons (Fsp3) is 0.320. The van der Waals surface area contributed by atoms with Crippen LogP contribution in [0.5, 0.6) is 0 Å². The third-order valence-corrected chi connectivity index (χ3v) is 5.22. The van der Waals surface area contributed by atoms with Gasteiger partial charge in [-0.1, -0.05) is 24.3 Å². The van der Waals surface area contributed by atoms with E-state index in [1.54, 1.807) is 19.5 Å². The predicted molar refractivity (Wildman–Crippen MR) is 131 cm³/mol. The Labute approximate surface area is 199 Å². The summed E-state index contributed by atoms with van der Waals surface area (Å²) < 4.78 is 16.2. The van der Waals surface area contributed by atoms with Crippen molar-refractivity contribution in [2.75, 3.05) is 50.8 Å². The highest BCUT2D eigenvalue weighted by Gasteiger charge is 2.15. The Morgan fingerprint density at radius 2 is 2.00 bits per heavy atom. The van der Waals surface area contributed by atoms with Crippen molar-refractivity contribution in [1.29, 1.82) is 0 Å². The first kappa shape index (κ1) is 23.6. The Balaban J connectivity index is 1.54. The number of ether oxygens (including phenoxy) is 3. The van der Waals surface area contributed by atoms with Gasteiger partial charge in [-0.25, -0.2) is 15.0 Å². The summed E-state index contributed by atoms with van der Waals surface area (Å²) in [5, 5.41) is 10.1. The van der Waals surface area contributed by atoms with Gasteiger partial charge in [-0.3, -0.25) is 0 Å². The number of nitrogens with zero attached hydrogens (tertiary/aromatic N) is 3. The highest BCUT2D eigenvalue weighted by molar-refractivity contribution is 5.79. The third-order valence-electron chi connectivity index (χ3n) is 5.22. The molecule has 0 radical (unpaired) electrons. The van der Waals surface area contributed by atoms with Crippen molar-refractivity contribution in [2.24, 2.45) is 0 Å². The minimum Gasteiger partial charge on any atom is -0.382 e. The fourth-order valence-corrected chi connectivity index (χ4v) is 3.50. The molecule has 176 valence electrons. The largest absolute Gasteiger partial charge is 0.382 e. The molecule has 9 heteroatoms. The van der Waals surface area contributed by atoms with E-state index in [2.05, 4.69) is 49.0 Å². The average molecular weight is 461 g/mol. The summed E-state index contributed by atoms with van der Waals surface area (Å²) in [6, 6.07) is 10.2. The molecule has 0 aliphatic carbocycles. The summed E-state index contributed by atoms with van der Waals surface area (Å²) in [5.41, 5.74) is 4.50. The lowest BCUT2D eigenvalue weighted by Gasteiger charge is -2.25. The molecule has 9 nitrogen and oxygen atoms in total. The van der Waals surface area contributed by atoms with Crippen LogP contribution in [0.25, 0.3) is 11.1 Å². The first-order valence-electron chi connectivity index (χ1n) is 11.0. The van der Waals surface area contributed by atoms with Crippen LogP contribution in [0.4, 0.5) is 17.3 Å². The van der Waals surface area contributed by atoms with Crippen molar-refractivity contribution in [3.05, 3.63) is 60.2 Å². The molecule has 3 aromatic rings. The summed E-state index contributed by atoms with van der Waals surface area (Å²) >= 11 is 0. The van der Waals surface area contributed by atoms with Crippen molar-refractivity contribution in [1.82, 2.24) is 20.3 Å². The molecular formula is C25H28N6O3. The van der Waals surface area contributed by atoms with E-state index in [1.165, 1.54) is 0 Å². The van der Waals surface area contributed by atoms with Crippen molar-refractivity contribution < 1.29 is 14.2 Å². The lowest BCUT2D eigenvalue weighted by Crippen LogP contribution is -2.42. The number of rotatable bonds is 10. The minimum absolute atomic E-state index is 0.0913. The van der Waals surface area contributed by atoms with E-state index in [4.69, 9.17) is 20.6 Å². The maximum atomic E-state index is 5.84. The zero-order chi connectivity index (χ0) is 23.6. The number of benzene rings is 1. The van der Waals surface area contributed by atoms with Crippen LogP contribution in [0.1, 0.15) is 11.3 Å². The lowest BCUT2D eigenvalue weighted by atomic mass is 10.0. The van der Waals surface area contributed by atoms with Crippen molar-refractivity contribution >= 4 is 17.3 Å². The minimum atomic E-state index is 0.0913. The van der Waals surface area contributed by atoms with Gasteiger partial charge in [0.25, 0.3) is 0 Å². The second-order valence-electron chi connectivity index (χ2n) is 7.70. The van der Waals surface area contributed by atoms with Gasteiger partial charge in [0, 0.05) is 50.3 Å². The molecule has 1 saturated heterocycles. The number of nitrogens with one attached hydrogen (secondary N) is 3. The quantitative estimate of drug-likeness (QED) is 0.239. The highest BCUT2D eigenvalue weighted by Crippen LogP contribution is 2.30. The molecule has 3 heterocycles. The van der Waals surface area contributed by atoms with E-state index in [1.807, 2.05) is 24.4 Å². The van der Waals surface area contributed by atoms with E-state index in [0.29, 0.717) is 37.1 Å². The van der Waals surface area contributed by atoms with Gasteiger partial charge in [0.15, 0.2) is 0 Å². The van der Waals surface area contributed by atoms with Gasteiger partial charge in [-0.15, -0.1) is 6.42 Å². The molecule has 4 rings (SSSR count). The number of terminal acetylenes is 1. The van der Waals surface area contributed by atoms with Crippen LogP contribution >= 0.6 is 0 Å². The van der Waals surface area contributed by atoms with Gasteiger partial charge in [0.1, 0.15) is 24.1 Å². The number of pyridine rings is 1. The zero-order valence-corrected chi connectivity index (χ0v) is 19.1. The maximum absolute atomic E-state index is 5.84. The highest BCUT2D eigenvalue weighted by atomic mass is 16.7. The molecule has 1 aromatic carbocycles. The zero-order valence-electron chi connectivity index (χ0n) is 19.1. The Bertz CT molecular complexity index is 1090. The summed E-state index contributed by atoms with van der Waals surface area (Å²) in [5.74, 6) is 3.66. The summed E-state index contributed by atoms with van der Waals surface area (Å²) in [7, 11) is 1.61. The molecule has 0 unspecified atom stereocenters. The first-order valence-corrected chi connectivity index (χ1v) is 11.0. The van der Waals surface area contributed by atoms with Crippen LogP contribution in [0.3, 0.4) is 0 Å². The van der Waals surface area contributed by atoms with Crippen molar-refractivity contribution in [2.45, 2.75) is 12.7 Å². The van der Waals surface area contributed by atoms with Crippen LogP contribution in [0.2, 0.25) is 0 Å². The molecule has 34 heavy (non-hydrogen) atoms. The summed E-state index contributed by atoms with van der Waals surface area (Å²) in [6.45, 7) is 3.83. The Hall–Kier alpha value is -3.55. The van der Waals surface area contributed by atoms with Crippen LogP contribution in [0.15, 0.2) is 48.9 Å². The number of morpholine rings is 1. The number of anilines is 3. The second-order valence-corrected chi connectivity index (χ2v) is 7.70. The van der Waals surface area contributed by atoms with Crippen LogP contribution in [0, 0.1) is 12.3 Å². The normalized spacial score (nSPS) is 15.5. The Kier molecular flexibility index (Phi) is 8.38. The van der Waals surface area contributed by atoms with Crippen LogP contribution < -0.4 is 16.0 Å². The fourth-order valence-electron chi connectivity index (χ4n) is 3.50. The third kappa shape index (κ3) is 6.50. The number of hydrogen-bond acceptors (Lipinski definition) is 9.